The lowest BCUT2D eigenvalue weighted by Crippen LogP contribution is -2.52. The standard InChI is InChI=1S/C25H27F2N5O3S2.3H2/c1-17(18-2-7-21(26)22(27)16-18)30-11-13-31(14-12-30)23-8-10-32(24(23)33)19-3-5-20(6-4-19)37(34,35)29-25-28-9-15-36-25;;;/h2-7,9,15-17,23H,8,10-14H2,1H3,(H,28,29);3*1H/t17-,23-;;;/m0.../s1. The van der Waals surface area contributed by atoms with E-state index in [2.05, 4.69) is 19.5 Å². The second-order valence-corrected chi connectivity index (χ2v) is 11.7. The third-order valence-corrected chi connectivity index (χ3v) is 9.23. The van der Waals surface area contributed by atoms with Gasteiger partial charge < -0.3 is 4.90 Å². The molecule has 0 bridgehead atoms. The fourth-order valence-corrected chi connectivity index (χ4v) is 6.72. The van der Waals surface area contributed by atoms with Gasteiger partial charge in [0.15, 0.2) is 16.8 Å². The van der Waals surface area contributed by atoms with E-state index in [0.717, 1.165) is 11.6 Å². The first kappa shape index (κ1) is 25.7. The molecule has 1 amide bonds. The van der Waals surface area contributed by atoms with E-state index >= 15 is 0 Å². The molecule has 0 unspecified atom stereocenters. The molecule has 2 saturated heterocycles. The molecule has 12 heteroatoms. The quantitative estimate of drug-likeness (QED) is 0.466. The largest absolute Gasteiger partial charge is 0.311 e. The number of carbonyl (C=O) groups is 1. The summed E-state index contributed by atoms with van der Waals surface area (Å²) in [6, 6.07) is 9.99. The van der Waals surface area contributed by atoms with Crippen molar-refractivity contribution < 1.29 is 26.3 Å². The summed E-state index contributed by atoms with van der Waals surface area (Å²) >= 11 is 1.19. The molecule has 8 nitrogen and oxygen atoms in total. The molecule has 3 heterocycles. The van der Waals surface area contributed by atoms with Crippen molar-refractivity contribution in [2.75, 3.05) is 42.3 Å². The number of carbonyl (C=O) groups excluding carboxylic acids is 1. The van der Waals surface area contributed by atoms with E-state index in [0.29, 0.717) is 50.0 Å². The minimum atomic E-state index is -3.76. The van der Waals surface area contributed by atoms with E-state index in [1.54, 1.807) is 28.5 Å². The normalized spacial score (nSPS) is 20.4. The maximum absolute atomic E-state index is 13.7. The van der Waals surface area contributed by atoms with Crippen molar-refractivity contribution in [3.63, 3.8) is 0 Å². The highest BCUT2D eigenvalue weighted by Gasteiger charge is 2.38. The monoisotopic (exact) mass is 553 g/mol. The van der Waals surface area contributed by atoms with Gasteiger partial charge in [-0.1, -0.05) is 6.07 Å². The fraction of sp³-hybridized carbons (Fsp3) is 0.360. The molecule has 0 radical (unpaired) electrons. The molecule has 2 aromatic carbocycles. The molecule has 2 aliphatic rings. The number of aromatic nitrogens is 1. The lowest BCUT2D eigenvalue weighted by Gasteiger charge is -2.40. The molecule has 0 aliphatic carbocycles. The Bertz CT molecular complexity index is 1380. The maximum Gasteiger partial charge on any atom is 0.263 e. The number of nitrogens with zero attached hydrogens (tertiary/aromatic N) is 4. The summed E-state index contributed by atoms with van der Waals surface area (Å²) < 4.78 is 54.6. The van der Waals surface area contributed by atoms with Crippen LogP contribution < -0.4 is 9.62 Å². The molecule has 2 atom stereocenters. The van der Waals surface area contributed by atoms with Crippen molar-refractivity contribution in [1.82, 2.24) is 14.8 Å². The zero-order valence-electron chi connectivity index (χ0n) is 20.2. The first-order valence-corrected chi connectivity index (χ1v) is 14.4. The van der Waals surface area contributed by atoms with Crippen molar-refractivity contribution in [2.24, 2.45) is 0 Å². The van der Waals surface area contributed by atoms with Crippen LogP contribution in [0.4, 0.5) is 19.6 Å². The average molecular weight is 554 g/mol. The van der Waals surface area contributed by atoms with Crippen molar-refractivity contribution in [3.05, 3.63) is 71.2 Å². The van der Waals surface area contributed by atoms with Crippen LogP contribution in [-0.2, 0) is 14.8 Å². The van der Waals surface area contributed by atoms with E-state index in [9.17, 15) is 22.0 Å². The number of rotatable bonds is 7. The van der Waals surface area contributed by atoms with Crippen LogP contribution >= 0.6 is 11.3 Å². The Labute approximate surface area is 223 Å². The van der Waals surface area contributed by atoms with Gasteiger partial charge in [-0.05, 0) is 55.3 Å². The molecule has 2 aliphatic heterocycles. The first-order chi connectivity index (χ1) is 17.7. The number of hydrogen-bond donors (Lipinski definition) is 1. The van der Waals surface area contributed by atoms with Crippen molar-refractivity contribution in [3.8, 4) is 0 Å². The number of benzene rings is 2. The predicted molar refractivity (Wildman–Crippen MR) is 144 cm³/mol. The average Bonchev–Trinajstić information content (AvgIpc) is 3.54. The van der Waals surface area contributed by atoms with Crippen molar-refractivity contribution in [1.29, 1.82) is 0 Å². The molecule has 3 aromatic rings. The summed E-state index contributed by atoms with van der Waals surface area (Å²) in [6.07, 6.45) is 2.21. The molecular formula is C25H33F2N5O3S2. The zero-order chi connectivity index (χ0) is 26.2. The highest BCUT2D eigenvalue weighted by atomic mass is 32.2. The fourth-order valence-electron chi connectivity index (χ4n) is 4.93. The smallest absolute Gasteiger partial charge is 0.263 e. The molecule has 37 heavy (non-hydrogen) atoms. The summed E-state index contributed by atoms with van der Waals surface area (Å²) in [5.41, 5.74) is 1.38. The van der Waals surface area contributed by atoms with Crippen LogP contribution in [0.3, 0.4) is 0 Å². The van der Waals surface area contributed by atoms with Crippen LogP contribution in [0.2, 0.25) is 0 Å². The van der Waals surface area contributed by atoms with E-state index < -0.39 is 21.7 Å². The van der Waals surface area contributed by atoms with Gasteiger partial charge in [-0.25, -0.2) is 22.2 Å². The molecule has 0 spiro atoms. The molecule has 202 valence electrons. The second kappa shape index (κ2) is 10.4. The van der Waals surface area contributed by atoms with Crippen molar-refractivity contribution >= 4 is 38.1 Å². The van der Waals surface area contributed by atoms with Gasteiger partial charge in [-0.3, -0.25) is 19.3 Å². The van der Waals surface area contributed by atoms with Gasteiger partial charge in [-0.2, -0.15) is 0 Å². The van der Waals surface area contributed by atoms with Gasteiger partial charge in [0, 0.05) is 60.3 Å². The van der Waals surface area contributed by atoms with Crippen LogP contribution in [0.5, 0.6) is 0 Å². The molecule has 2 fully saturated rings. The van der Waals surface area contributed by atoms with Gasteiger partial charge >= 0.3 is 0 Å². The third kappa shape index (κ3) is 5.37. The molecule has 1 N–H and O–H groups in total. The Morgan fingerprint density at radius 1 is 1.05 bits per heavy atom. The number of hydrogen-bond acceptors (Lipinski definition) is 7. The second-order valence-electron chi connectivity index (χ2n) is 9.15. The van der Waals surface area contributed by atoms with Gasteiger partial charge in [0.05, 0.1) is 10.9 Å². The summed E-state index contributed by atoms with van der Waals surface area (Å²) in [4.78, 5) is 23.4. The Morgan fingerprint density at radius 2 is 1.78 bits per heavy atom. The van der Waals surface area contributed by atoms with Gasteiger partial charge in [0.25, 0.3) is 10.0 Å². The van der Waals surface area contributed by atoms with E-state index in [1.165, 1.54) is 35.7 Å². The summed E-state index contributed by atoms with van der Waals surface area (Å²) in [6.45, 7) is 5.33. The molecule has 5 rings (SSSR count). The number of anilines is 2. The topological polar surface area (TPSA) is 85.8 Å². The molecule has 0 saturated carbocycles. The Balaban J connectivity index is 0.00000187. The summed E-state index contributed by atoms with van der Waals surface area (Å²) in [5, 5.41) is 1.98. The number of thiazole rings is 1. The number of halogens is 2. The minimum Gasteiger partial charge on any atom is -0.311 e. The third-order valence-electron chi connectivity index (χ3n) is 7.05. The highest BCUT2D eigenvalue weighted by Crippen LogP contribution is 2.29. The summed E-state index contributed by atoms with van der Waals surface area (Å²) in [7, 11) is -3.76. The molecular weight excluding hydrogens is 520 g/mol. The Morgan fingerprint density at radius 3 is 2.43 bits per heavy atom. The Hall–Kier alpha value is -2.93. The highest BCUT2D eigenvalue weighted by molar-refractivity contribution is 7.93. The predicted octanol–water partition coefficient (Wildman–Crippen LogP) is 4.44. The van der Waals surface area contributed by atoms with Crippen LogP contribution in [0.15, 0.2) is 58.9 Å². The van der Waals surface area contributed by atoms with Crippen LogP contribution in [0.25, 0.3) is 0 Å². The number of sulfonamides is 1. The van der Waals surface area contributed by atoms with Crippen LogP contribution in [0, 0.1) is 11.6 Å². The number of nitrogens with one attached hydrogen (secondary N) is 1. The van der Waals surface area contributed by atoms with Crippen LogP contribution in [-0.4, -0.2) is 67.9 Å². The minimum absolute atomic E-state index is 0. The van der Waals surface area contributed by atoms with Gasteiger partial charge in [0.2, 0.25) is 5.91 Å². The lowest BCUT2D eigenvalue weighted by atomic mass is 10.1. The maximum atomic E-state index is 13.7. The lowest BCUT2D eigenvalue weighted by molar-refractivity contribution is -0.122. The zero-order valence-corrected chi connectivity index (χ0v) is 21.8. The van der Waals surface area contributed by atoms with Crippen LogP contribution in [0.1, 0.15) is 29.2 Å². The van der Waals surface area contributed by atoms with E-state index in [-0.39, 0.29) is 27.2 Å². The Kier molecular flexibility index (Phi) is 7.26. The number of piperazine rings is 1. The summed E-state index contributed by atoms with van der Waals surface area (Å²) in [5.74, 6) is -1.70. The van der Waals surface area contributed by atoms with E-state index in [1.807, 2.05) is 6.92 Å². The number of amides is 1. The molecule has 1 aromatic heterocycles. The van der Waals surface area contributed by atoms with Gasteiger partial charge in [-0.15, -0.1) is 11.3 Å². The van der Waals surface area contributed by atoms with Gasteiger partial charge in [0.1, 0.15) is 0 Å². The SMILES string of the molecule is C[C@@H](c1ccc(F)c(F)c1)N1CCN([C@H]2CCN(c3ccc(S(=O)(=O)Nc4nccs4)cc3)C2=O)CC1.[HH].[HH].[HH]. The van der Waals surface area contributed by atoms with E-state index in [4.69, 9.17) is 0 Å². The first-order valence-electron chi connectivity index (χ1n) is 12.0. The van der Waals surface area contributed by atoms with Crippen molar-refractivity contribution in [2.45, 2.75) is 30.3 Å².